The molecule has 3 N–H and O–H groups in total. The highest BCUT2D eigenvalue weighted by Gasteiger charge is 2.32. The molecule has 2 unspecified atom stereocenters. The number of nitrogens with zero attached hydrogens (tertiary/aromatic N) is 1. The fourth-order valence-electron chi connectivity index (χ4n) is 4.68. The lowest BCUT2D eigenvalue weighted by atomic mass is 9.83. The number of halogens is 1. The first-order chi connectivity index (χ1) is 17.0. The molecule has 4 aromatic rings. The molecule has 1 aliphatic rings. The number of nitrogens with one attached hydrogen (secondary N) is 3. The average Bonchev–Trinajstić information content (AvgIpc) is 3.25. The van der Waals surface area contributed by atoms with Crippen LogP contribution in [0.5, 0.6) is 0 Å². The summed E-state index contributed by atoms with van der Waals surface area (Å²) in [5.74, 6) is -0.654. The van der Waals surface area contributed by atoms with Gasteiger partial charge in [0, 0.05) is 52.3 Å². The minimum atomic E-state index is -0.326. The zero-order valence-corrected chi connectivity index (χ0v) is 19.7. The molecule has 0 saturated heterocycles. The average molecular weight is 489 g/mol. The number of rotatable bonds is 5. The van der Waals surface area contributed by atoms with Gasteiger partial charge in [-0.25, -0.2) is 0 Å². The molecular weight excluding hydrogens is 464 g/mol. The molecule has 1 saturated carbocycles. The van der Waals surface area contributed by atoms with Gasteiger partial charge in [-0.1, -0.05) is 36.6 Å². The summed E-state index contributed by atoms with van der Waals surface area (Å²) in [5.41, 5.74) is 2.56. The summed E-state index contributed by atoms with van der Waals surface area (Å²) >= 11 is 6.14. The van der Waals surface area contributed by atoms with E-state index < -0.39 is 0 Å². The van der Waals surface area contributed by atoms with Gasteiger partial charge in [-0.2, -0.15) is 0 Å². The number of aromatic amines is 1. The van der Waals surface area contributed by atoms with Gasteiger partial charge in [-0.3, -0.25) is 19.0 Å². The molecular formula is C27H25ClN4O3. The summed E-state index contributed by atoms with van der Waals surface area (Å²) in [6.07, 6.45) is 6.75. The standard InChI is InChI=1S/C27H25ClN4O3/c28-22-16-29-24-15-17(8-13-20(22)24)26(34)31-23-6-2-1-5-21(23)27(35)30-18-9-11-19(12-10-18)32-14-4-3-7-25(32)33/h3-4,7-16,21,23,29H,1-2,5-6H2,(H,30,35)(H,31,34). The molecule has 1 aliphatic carbocycles. The van der Waals surface area contributed by atoms with Gasteiger partial charge in [-0.05, 0) is 55.3 Å². The maximum absolute atomic E-state index is 13.1. The Hall–Kier alpha value is -3.84. The van der Waals surface area contributed by atoms with Crippen LogP contribution in [0.25, 0.3) is 16.6 Å². The molecule has 8 heteroatoms. The summed E-state index contributed by atoms with van der Waals surface area (Å²) in [6, 6.07) is 17.2. The number of aromatic nitrogens is 2. The molecule has 5 rings (SSSR count). The maximum atomic E-state index is 13.1. The molecule has 2 atom stereocenters. The summed E-state index contributed by atoms with van der Waals surface area (Å²) in [4.78, 5) is 41.2. The smallest absolute Gasteiger partial charge is 0.255 e. The van der Waals surface area contributed by atoms with E-state index >= 15 is 0 Å². The van der Waals surface area contributed by atoms with E-state index in [4.69, 9.17) is 11.6 Å². The van der Waals surface area contributed by atoms with E-state index in [0.29, 0.717) is 22.7 Å². The Morgan fingerprint density at radius 2 is 1.80 bits per heavy atom. The topological polar surface area (TPSA) is 96.0 Å². The summed E-state index contributed by atoms with van der Waals surface area (Å²) in [5, 5.41) is 7.53. The molecule has 35 heavy (non-hydrogen) atoms. The van der Waals surface area contributed by atoms with Crippen molar-refractivity contribution >= 4 is 40.0 Å². The van der Waals surface area contributed by atoms with Crippen molar-refractivity contribution < 1.29 is 9.59 Å². The second-order valence-electron chi connectivity index (χ2n) is 8.81. The molecule has 7 nitrogen and oxygen atoms in total. The van der Waals surface area contributed by atoms with Crippen molar-refractivity contribution in [3.05, 3.63) is 94.0 Å². The quantitative estimate of drug-likeness (QED) is 0.373. The fraction of sp³-hybridized carbons (Fsp3) is 0.222. The van der Waals surface area contributed by atoms with Crippen molar-refractivity contribution in [1.82, 2.24) is 14.9 Å². The van der Waals surface area contributed by atoms with Crippen LogP contribution in [0.4, 0.5) is 5.69 Å². The van der Waals surface area contributed by atoms with Gasteiger partial charge in [0.1, 0.15) is 0 Å². The predicted octanol–water partition coefficient (Wildman–Crippen LogP) is 4.90. The first kappa shape index (κ1) is 22.9. The third-order valence-electron chi connectivity index (χ3n) is 6.55. The maximum Gasteiger partial charge on any atom is 0.255 e. The first-order valence-electron chi connectivity index (χ1n) is 11.7. The number of fused-ring (bicyclic) bond motifs is 1. The van der Waals surface area contributed by atoms with Crippen molar-refractivity contribution in [3.8, 4) is 5.69 Å². The van der Waals surface area contributed by atoms with Gasteiger partial charge in [0.2, 0.25) is 5.91 Å². The molecule has 0 aliphatic heterocycles. The van der Waals surface area contributed by atoms with Crippen LogP contribution in [-0.4, -0.2) is 27.4 Å². The highest BCUT2D eigenvalue weighted by molar-refractivity contribution is 6.35. The van der Waals surface area contributed by atoms with Crippen molar-refractivity contribution in [2.75, 3.05) is 5.32 Å². The molecule has 178 valence electrons. The van der Waals surface area contributed by atoms with Crippen LogP contribution in [0, 0.1) is 5.92 Å². The van der Waals surface area contributed by atoms with Crippen LogP contribution in [0.1, 0.15) is 36.0 Å². The van der Waals surface area contributed by atoms with Gasteiger partial charge in [0.05, 0.1) is 10.9 Å². The van der Waals surface area contributed by atoms with Gasteiger partial charge >= 0.3 is 0 Å². The van der Waals surface area contributed by atoms with E-state index in [9.17, 15) is 14.4 Å². The van der Waals surface area contributed by atoms with Crippen molar-refractivity contribution in [2.24, 2.45) is 5.92 Å². The largest absolute Gasteiger partial charge is 0.360 e. The Labute approximate surface area is 207 Å². The zero-order chi connectivity index (χ0) is 24.4. The Kier molecular flexibility index (Phi) is 6.42. The number of carbonyl (C=O) groups is 2. The molecule has 2 aromatic carbocycles. The molecule has 0 spiro atoms. The van der Waals surface area contributed by atoms with E-state index in [1.54, 1.807) is 60.9 Å². The van der Waals surface area contributed by atoms with Crippen molar-refractivity contribution in [3.63, 3.8) is 0 Å². The van der Waals surface area contributed by atoms with Gasteiger partial charge < -0.3 is 15.6 Å². The molecule has 2 amide bonds. The lowest BCUT2D eigenvalue weighted by Crippen LogP contribution is -2.46. The molecule has 2 heterocycles. The second kappa shape index (κ2) is 9.80. The van der Waals surface area contributed by atoms with Crippen LogP contribution in [-0.2, 0) is 4.79 Å². The highest BCUT2D eigenvalue weighted by Crippen LogP contribution is 2.27. The van der Waals surface area contributed by atoms with E-state index in [1.165, 1.54) is 10.6 Å². The number of amides is 2. The first-order valence-corrected chi connectivity index (χ1v) is 12.0. The number of benzene rings is 2. The Bertz CT molecular complexity index is 1440. The number of carbonyl (C=O) groups excluding carboxylic acids is 2. The van der Waals surface area contributed by atoms with Crippen LogP contribution in [0.15, 0.2) is 77.9 Å². The third kappa shape index (κ3) is 4.86. The minimum Gasteiger partial charge on any atom is -0.360 e. The van der Waals surface area contributed by atoms with Gasteiger partial charge in [0.25, 0.3) is 11.5 Å². The Morgan fingerprint density at radius 1 is 1.00 bits per heavy atom. The highest BCUT2D eigenvalue weighted by atomic mass is 35.5. The SMILES string of the molecule is O=C(NC1CCCCC1C(=O)Nc1ccc(-n2ccccc2=O)cc1)c1ccc2c(Cl)c[nH]c2c1. The normalized spacial score (nSPS) is 17.7. The number of H-pyrrole nitrogens is 1. The monoisotopic (exact) mass is 488 g/mol. The van der Waals surface area contributed by atoms with Gasteiger partial charge in [0.15, 0.2) is 0 Å². The minimum absolute atomic E-state index is 0.119. The predicted molar refractivity (Wildman–Crippen MR) is 137 cm³/mol. The zero-order valence-electron chi connectivity index (χ0n) is 19.0. The fourth-order valence-corrected chi connectivity index (χ4v) is 4.90. The summed E-state index contributed by atoms with van der Waals surface area (Å²) < 4.78 is 1.54. The number of anilines is 1. The lowest BCUT2D eigenvalue weighted by Gasteiger charge is -2.31. The van der Waals surface area contributed by atoms with E-state index in [1.807, 2.05) is 6.07 Å². The number of pyridine rings is 1. The third-order valence-corrected chi connectivity index (χ3v) is 6.86. The Balaban J connectivity index is 1.27. The van der Waals surface area contributed by atoms with Crippen molar-refractivity contribution in [1.29, 1.82) is 0 Å². The van der Waals surface area contributed by atoms with E-state index in [2.05, 4.69) is 15.6 Å². The van der Waals surface area contributed by atoms with Crippen LogP contribution in [0.2, 0.25) is 5.02 Å². The Morgan fingerprint density at radius 3 is 2.60 bits per heavy atom. The summed E-state index contributed by atoms with van der Waals surface area (Å²) in [6.45, 7) is 0. The number of hydrogen-bond donors (Lipinski definition) is 3. The van der Waals surface area contributed by atoms with Gasteiger partial charge in [-0.15, -0.1) is 0 Å². The number of hydrogen-bond acceptors (Lipinski definition) is 3. The summed E-state index contributed by atoms with van der Waals surface area (Å²) in [7, 11) is 0. The van der Waals surface area contributed by atoms with Crippen LogP contribution < -0.4 is 16.2 Å². The molecule has 2 aromatic heterocycles. The second-order valence-corrected chi connectivity index (χ2v) is 9.22. The molecule has 1 fully saturated rings. The van der Waals surface area contributed by atoms with Crippen LogP contribution in [0.3, 0.4) is 0 Å². The van der Waals surface area contributed by atoms with E-state index in [-0.39, 0.29) is 29.3 Å². The lowest BCUT2D eigenvalue weighted by molar-refractivity contribution is -0.121. The van der Waals surface area contributed by atoms with Crippen molar-refractivity contribution in [2.45, 2.75) is 31.7 Å². The van der Waals surface area contributed by atoms with E-state index in [0.717, 1.165) is 35.9 Å². The molecule has 0 radical (unpaired) electrons. The molecule has 0 bridgehead atoms. The van der Waals surface area contributed by atoms with Crippen LogP contribution >= 0.6 is 11.6 Å².